The van der Waals surface area contributed by atoms with Crippen molar-refractivity contribution in [3.8, 4) is 5.88 Å². The van der Waals surface area contributed by atoms with Crippen molar-refractivity contribution < 1.29 is 9.90 Å². The van der Waals surface area contributed by atoms with Crippen molar-refractivity contribution in [3.05, 3.63) is 26.4 Å². The van der Waals surface area contributed by atoms with E-state index in [0.717, 1.165) is 11.0 Å². The van der Waals surface area contributed by atoms with E-state index >= 15 is 0 Å². The third-order valence-corrected chi connectivity index (χ3v) is 4.07. The molecule has 0 aromatic carbocycles. The lowest BCUT2D eigenvalue weighted by Crippen LogP contribution is -2.37. The summed E-state index contributed by atoms with van der Waals surface area (Å²) in [6.45, 7) is 1.94. The molecule has 2 atom stereocenters. The Morgan fingerprint density at radius 3 is 2.72 bits per heavy atom. The largest absolute Gasteiger partial charge is 0.494 e. The van der Waals surface area contributed by atoms with Gasteiger partial charge in [0, 0.05) is 6.04 Å². The Morgan fingerprint density at radius 2 is 2.16 bits per heavy atom. The molecule has 0 fully saturated rings. The number of aliphatic imine (C=N–C) groups is 1. The van der Waals surface area contributed by atoms with E-state index in [0.29, 0.717) is 25.7 Å². The fourth-order valence-electron chi connectivity index (χ4n) is 2.95. The molecule has 10 nitrogen and oxygen atoms in total. The highest BCUT2D eigenvalue weighted by Gasteiger charge is 2.23. The highest BCUT2D eigenvalue weighted by Crippen LogP contribution is 2.25. The van der Waals surface area contributed by atoms with Crippen LogP contribution in [0.1, 0.15) is 50.6 Å². The number of nitrogen functional groups attached to an aromatic ring is 1. The maximum absolute atomic E-state index is 12.2. The van der Waals surface area contributed by atoms with Crippen LogP contribution in [0, 0.1) is 5.41 Å². The predicted octanol–water partition coefficient (Wildman–Crippen LogP) is -0.436. The summed E-state index contributed by atoms with van der Waals surface area (Å²) in [6, 6.07) is -0.367. The zero-order valence-corrected chi connectivity index (χ0v) is 13.9. The second-order valence-corrected chi connectivity index (χ2v) is 5.92. The quantitative estimate of drug-likeness (QED) is 0.316. The van der Waals surface area contributed by atoms with Crippen molar-refractivity contribution in [2.45, 2.75) is 51.2 Å². The van der Waals surface area contributed by atoms with Gasteiger partial charge in [0.2, 0.25) is 5.88 Å². The number of carbonyl (C=O) groups is 1. The van der Waals surface area contributed by atoms with Crippen LogP contribution in [0.2, 0.25) is 0 Å². The number of aromatic amines is 1. The number of aromatic hydroxyl groups is 1. The normalized spacial score (nSPS) is 17.5. The lowest BCUT2D eigenvalue weighted by molar-refractivity contribution is -0.114. The molecule has 2 heterocycles. The molecule has 25 heavy (non-hydrogen) atoms. The minimum Gasteiger partial charge on any atom is -0.494 e. The first-order valence-electron chi connectivity index (χ1n) is 8.11. The van der Waals surface area contributed by atoms with E-state index in [1.165, 1.54) is 6.21 Å². The van der Waals surface area contributed by atoms with Crippen molar-refractivity contribution in [1.29, 1.82) is 5.41 Å². The second kappa shape index (κ2) is 7.77. The number of aromatic nitrogens is 2. The average Bonchev–Trinajstić information content (AvgIpc) is 2.91. The van der Waals surface area contributed by atoms with Gasteiger partial charge in [-0.1, -0.05) is 13.3 Å². The van der Waals surface area contributed by atoms with Crippen LogP contribution >= 0.6 is 0 Å². The van der Waals surface area contributed by atoms with Gasteiger partial charge in [0.15, 0.2) is 0 Å². The van der Waals surface area contributed by atoms with E-state index in [9.17, 15) is 19.5 Å². The lowest BCUT2D eigenvalue weighted by atomic mass is 10.0. The third kappa shape index (κ3) is 4.14. The fraction of sp³-hybridized carbons (Fsp3) is 0.533. The second-order valence-electron chi connectivity index (χ2n) is 5.92. The number of nitrogens with one attached hydrogen (secondary N) is 3. The van der Waals surface area contributed by atoms with Gasteiger partial charge in [0.05, 0.1) is 6.21 Å². The van der Waals surface area contributed by atoms with E-state index < -0.39 is 28.5 Å². The Balaban J connectivity index is 2.22. The van der Waals surface area contributed by atoms with E-state index in [2.05, 4.69) is 15.3 Å². The van der Waals surface area contributed by atoms with Crippen LogP contribution in [0.4, 0.5) is 0 Å². The fourth-order valence-corrected chi connectivity index (χ4v) is 2.95. The predicted molar refractivity (Wildman–Crippen MR) is 92.2 cm³/mol. The van der Waals surface area contributed by atoms with Crippen LogP contribution in [0.15, 0.2) is 14.6 Å². The van der Waals surface area contributed by atoms with Gasteiger partial charge in [-0.15, -0.1) is 0 Å². The molecule has 10 heteroatoms. The number of hydrogen-bond donors (Lipinski definition) is 5. The molecule has 0 radical (unpaired) electrons. The Kier molecular flexibility index (Phi) is 5.73. The first-order chi connectivity index (χ1) is 11.8. The number of hydrogen-bond acceptors (Lipinski definition) is 6. The van der Waals surface area contributed by atoms with Crippen molar-refractivity contribution in [1.82, 2.24) is 14.9 Å². The Bertz CT molecular complexity index is 809. The summed E-state index contributed by atoms with van der Waals surface area (Å²) in [5.41, 5.74) is 3.30. The van der Waals surface area contributed by atoms with Crippen LogP contribution < -0.4 is 22.3 Å². The van der Waals surface area contributed by atoms with Gasteiger partial charge in [-0.2, -0.15) is 0 Å². The summed E-state index contributed by atoms with van der Waals surface area (Å²) < 4.78 is 1.08. The Hall–Kier alpha value is -2.91. The molecule has 6 N–H and O–H groups in total. The van der Waals surface area contributed by atoms with Crippen molar-refractivity contribution in [2.75, 3.05) is 0 Å². The molecular formula is C15H22N6O4. The van der Waals surface area contributed by atoms with Gasteiger partial charge in [-0.05, 0) is 25.7 Å². The average molecular weight is 350 g/mol. The SMILES string of the molecule is CCCC(CCCC1N=CC(=O)N1)n1c(O)c(C(=N)N)c(=O)[nH]c1=O. The molecule has 0 aliphatic carbocycles. The van der Waals surface area contributed by atoms with Gasteiger partial charge in [-0.3, -0.25) is 29.5 Å². The number of amides is 1. The monoisotopic (exact) mass is 350 g/mol. The van der Waals surface area contributed by atoms with E-state index in [4.69, 9.17) is 11.1 Å². The smallest absolute Gasteiger partial charge is 0.331 e. The first-order valence-corrected chi connectivity index (χ1v) is 8.11. The molecular weight excluding hydrogens is 328 g/mol. The number of H-pyrrole nitrogens is 1. The highest BCUT2D eigenvalue weighted by atomic mass is 16.3. The number of amidine groups is 1. The molecule has 136 valence electrons. The standard InChI is InChI=1S/C15H22N6O4/c1-2-4-8(5-3-6-9-18-7-10(22)19-9)21-14(24)11(12(16)17)13(23)20-15(21)25/h7-9,24H,2-6H2,1H3,(H3,16,17)(H,19,22)(H,20,23,25). The van der Waals surface area contributed by atoms with Gasteiger partial charge in [0.1, 0.15) is 17.6 Å². The Morgan fingerprint density at radius 1 is 1.44 bits per heavy atom. The summed E-state index contributed by atoms with van der Waals surface area (Å²) in [4.78, 5) is 41.1. The van der Waals surface area contributed by atoms with Crippen LogP contribution in [0.5, 0.6) is 5.88 Å². The van der Waals surface area contributed by atoms with E-state index in [-0.39, 0.29) is 18.1 Å². The molecule has 0 spiro atoms. The summed E-state index contributed by atoms with van der Waals surface area (Å²) in [5, 5.41) is 20.4. The molecule has 1 amide bonds. The van der Waals surface area contributed by atoms with Gasteiger partial charge < -0.3 is 16.2 Å². The van der Waals surface area contributed by atoms with E-state index in [1.54, 1.807) is 0 Å². The summed E-state index contributed by atoms with van der Waals surface area (Å²) in [6.07, 6.45) is 4.09. The van der Waals surface area contributed by atoms with Crippen LogP contribution in [0.3, 0.4) is 0 Å². The number of nitrogens with zero attached hydrogens (tertiary/aromatic N) is 2. The van der Waals surface area contributed by atoms with Crippen molar-refractivity contribution >= 4 is 18.0 Å². The van der Waals surface area contributed by atoms with Crippen molar-refractivity contribution in [3.63, 3.8) is 0 Å². The molecule has 2 rings (SSSR count). The zero-order valence-electron chi connectivity index (χ0n) is 13.9. The minimum atomic E-state index is -0.885. The first kappa shape index (κ1) is 18.4. The molecule has 0 bridgehead atoms. The Labute approximate surface area is 143 Å². The third-order valence-electron chi connectivity index (χ3n) is 4.07. The lowest BCUT2D eigenvalue weighted by Gasteiger charge is -2.21. The molecule has 1 aliphatic rings. The zero-order chi connectivity index (χ0) is 18.6. The molecule has 0 saturated carbocycles. The summed E-state index contributed by atoms with van der Waals surface area (Å²) in [7, 11) is 0. The summed E-state index contributed by atoms with van der Waals surface area (Å²) >= 11 is 0. The molecule has 1 aliphatic heterocycles. The van der Waals surface area contributed by atoms with Crippen molar-refractivity contribution in [2.24, 2.45) is 10.7 Å². The number of nitrogens with two attached hydrogens (primary N) is 1. The maximum Gasteiger partial charge on any atom is 0.331 e. The van der Waals surface area contributed by atoms with Crippen LogP contribution in [-0.4, -0.2) is 38.8 Å². The topological polar surface area (TPSA) is 166 Å². The highest BCUT2D eigenvalue weighted by molar-refractivity contribution is 6.27. The van der Waals surface area contributed by atoms with Crippen LogP contribution in [-0.2, 0) is 4.79 Å². The van der Waals surface area contributed by atoms with Gasteiger partial charge in [-0.25, -0.2) is 4.79 Å². The van der Waals surface area contributed by atoms with Gasteiger partial charge >= 0.3 is 5.69 Å². The number of rotatable bonds is 8. The number of carbonyl (C=O) groups excluding carboxylic acids is 1. The molecule has 0 saturated heterocycles. The van der Waals surface area contributed by atoms with E-state index in [1.807, 2.05) is 6.92 Å². The van der Waals surface area contributed by atoms with Crippen LogP contribution in [0.25, 0.3) is 0 Å². The minimum absolute atomic E-state index is 0.226. The molecule has 1 aromatic heterocycles. The van der Waals surface area contributed by atoms with Gasteiger partial charge in [0.25, 0.3) is 11.5 Å². The summed E-state index contributed by atoms with van der Waals surface area (Å²) in [5.74, 6) is -1.42. The molecule has 1 aromatic rings. The maximum atomic E-state index is 12.2. The molecule has 2 unspecified atom stereocenters.